The van der Waals surface area contributed by atoms with Crippen molar-refractivity contribution in [2.24, 2.45) is 0 Å². The zero-order chi connectivity index (χ0) is 12.8. The minimum absolute atomic E-state index is 0.220. The van der Waals surface area contributed by atoms with E-state index in [0.717, 1.165) is 55.9 Å². The molecule has 0 aliphatic carbocycles. The monoisotopic (exact) mass is 252 g/mol. The van der Waals surface area contributed by atoms with Gasteiger partial charge in [-0.15, -0.1) is 0 Å². The third-order valence-electron chi connectivity index (χ3n) is 3.32. The first-order chi connectivity index (χ1) is 8.85. The lowest BCUT2D eigenvalue weighted by molar-refractivity contribution is 0.407. The second kappa shape index (κ2) is 6.57. The number of fused-ring (bicyclic) bond motifs is 1. The van der Waals surface area contributed by atoms with Crippen LogP contribution in [-0.4, -0.2) is 25.3 Å². The first kappa shape index (κ1) is 13.1. The third kappa shape index (κ3) is 3.12. The predicted molar refractivity (Wildman–Crippen MR) is 71.1 cm³/mol. The molecule has 0 radical (unpaired) electrons. The Balaban J connectivity index is 2.06. The van der Waals surface area contributed by atoms with Crippen LogP contribution in [0.4, 0.5) is 10.2 Å². The van der Waals surface area contributed by atoms with Gasteiger partial charge in [0.15, 0.2) is 0 Å². The molecule has 1 aromatic rings. The lowest BCUT2D eigenvalue weighted by Gasteiger charge is -2.20. The van der Waals surface area contributed by atoms with Crippen LogP contribution in [0.15, 0.2) is 6.07 Å². The third-order valence-corrected chi connectivity index (χ3v) is 3.32. The van der Waals surface area contributed by atoms with Crippen LogP contribution in [0.1, 0.15) is 36.9 Å². The lowest BCUT2D eigenvalue weighted by Crippen LogP contribution is -2.15. The summed E-state index contributed by atoms with van der Waals surface area (Å²) in [5, 5.41) is 3.33. The highest BCUT2D eigenvalue weighted by atomic mass is 19.1. The summed E-state index contributed by atoms with van der Waals surface area (Å²) in [5.74, 6) is 1.91. The molecule has 1 N–H and O–H groups in total. The number of anilines is 1. The standard InChI is InChI=1S/C14H21FN2O/c1-18-13-10-11(6-3-2-4-8-15)17-14-12(13)7-5-9-16-14/h10H,2-9H2,1H3,(H,16,17). The van der Waals surface area contributed by atoms with E-state index in [-0.39, 0.29) is 6.67 Å². The molecule has 2 heterocycles. The molecule has 0 amide bonds. The molecule has 2 rings (SSSR count). The molecule has 0 atom stereocenters. The van der Waals surface area contributed by atoms with Gasteiger partial charge in [-0.3, -0.25) is 4.39 Å². The van der Waals surface area contributed by atoms with E-state index in [1.165, 1.54) is 5.56 Å². The van der Waals surface area contributed by atoms with Crippen molar-refractivity contribution in [2.45, 2.75) is 38.5 Å². The van der Waals surface area contributed by atoms with E-state index in [0.29, 0.717) is 6.42 Å². The van der Waals surface area contributed by atoms with Crippen LogP contribution in [0.5, 0.6) is 5.75 Å². The normalized spacial score (nSPS) is 13.9. The van der Waals surface area contributed by atoms with Crippen molar-refractivity contribution in [2.75, 3.05) is 25.6 Å². The minimum atomic E-state index is -0.220. The number of ether oxygens (including phenoxy) is 1. The highest BCUT2D eigenvalue weighted by molar-refractivity contribution is 5.54. The van der Waals surface area contributed by atoms with Gasteiger partial charge in [-0.25, -0.2) is 4.98 Å². The molecule has 0 aromatic carbocycles. The van der Waals surface area contributed by atoms with Gasteiger partial charge in [-0.1, -0.05) is 6.42 Å². The Morgan fingerprint density at radius 2 is 2.28 bits per heavy atom. The van der Waals surface area contributed by atoms with Crippen LogP contribution in [0.2, 0.25) is 0 Å². The maximum Gasteiger partial charge on any atom is 0.133 e. The fourth-order valence-corrected chi connectivity index (χ4v) is 2.35. The minimum Gasteiger partial charge on any atom is -0.496 e. The van der Waals surface area contributed by atoms with Crippen molar-refractivity contribution in [3.05, 3.63) is 17.3 Å². The second-order valence-corrected chi connectivity index (χ2v) is 4.67. The average Bonchev–Trinajstić information content (AvgIpc) is 2.42. The van der Waals surface area contributed by atoms with Crippen molar-refractivity contribution in [3.63, 3.8) is 0 Å². The molecule has 0 saturated heterocycles. The summed E-state index contributed by atoms with van der Waals surface area (Å²) in [4.78, 5) is 4.63. The Kier molecular flexibility index (Phi) is 4.79. The van der Waals surface area contributed by atoms with Crippen LogP contribution in [0.25, 0.3) is 0 Å². The molecule has 4 heteroatoms. The van der Waals surface area contributed by atoms with E-state index in [1.807, 2.05) is 6.07 Å². The summed E-state index contributed by atoms with van der Waals surface area (Å²) in [6.07, 6.45) is 5.61. The van der Waals surface area contributed by atoms with Crippen molar-refractivity contribution in [1.82, 2.24) is 4.98 Å². The fraction of sp³-hybridized carbons (Fsp3) is 0.643. The van der Waals surface area contributed by atoms with Crippen LogP contribution < -0.4 is 10.1 Å². The molecule has 18 heavy (non-hydrogen) atoms. The SMILES string of the molecule is COc1cc(CCCCCF)nc2c1CCCN2. The van der Waals surface area contributed by atoms with E-state index in [1.54, 1.807) is 7.11 Å². The zero-order valence-electron chi connectivity index (χ0n) is 11.0. The van der Waals surface area contributed by atoms with Crippen LogP contribution in [0.3, 0.4) is 0 Å². The Morgan fingerprint density at radius 3 is 3.06 bits per heavy atom. The summed E-state index contributed by atoms with van der Waals surface area (Å²) in [6.45, 7) is 0.761. The molecule has 0 unspecified atom stereocenters. The highest BCUT2D eigenvalue weighted by Crippen LogP contribution is 2.30. The van der Waals surface area contributed by atoms with Crippen molar-refractivity contribution < 1.29 is 9.13 Å². The number of rotatable bonds is 6. The number of hydrogen-bond donors (Lipinski definition) is 1. The van der Waals surface area contributed by atoms with Crippen molar-refractivity contribution in [1.29, 1.82) is 0 Å². The number of unbranched alkanes of at least 4 members (excludes halogenated alkanes) is 2. The number of halogens is 1. The number of methoxy groups -OCH3 is 1. The molecule has 3 nitrogen and oxygen atoms in total. The van der Waals surface area contributed by atoms with Gasteiger partial charge in [0.25, 0.3) is 0 Å². The molecule has 1 aliphatic heterocycles. The molecule has 0 spiro atoms. The van der Waals surface area contributed by atoms with Crippen molar-refractivity contribution >= 4 is 5.82 Å². The lowest BCUT2D eigenvalue weighted by atomic mass is 10.0. The largest absolute Gasteiger partial charge is 0.496 e. The van der Waals surface area contributed by atoms with Gasteiger partial charge < -0.3 is 10.1 Å². The van der Waals surface area contributed by atoms with Crippen molar-refractivity contribution in [3.8, 4) is 5.75 Å². The van der Waals surface area contributed by atoms with Gasteiger partial charge in [-0.05, 0) is 32.1 Å². The maximum atomic E-state index is 12.0. The first-order valence-electron chi connectivity index (χ1n) is 6.71. The van der Waals surface area contributed by atoms with E-state index < -0.39 is 0 Å². The number of hydrogen-bond acceptors (Lipinski definition) is 3. The molecule has 1 aliphatic rings. The number of alkyl halides is 1. The highest BCUT2D eigenvalue weighted by Gasteiger charge is 2.16. The molecular weight excluding hydrogens is 231 g/mol. The summed E-state index contributed by atoms with van der Waals surface area (Å²) in [6, 6.07) is 2.03. The molecule has 0 bridgehead atoms. The van der Waals surface area contributed by atoms with Gasteiger partial charge >= 0.3 is 0 Å². The van der Waals surface area contributed by atoms with Gasteiger partial charge in [0.1, 0.15) is 11.6 Å². The van der Waals surface area contributed by atoms with Crippen LogP contribution in [0, 0.1) is 0 Å². The Labute approximate surface area is 108 Å². The van der Waals surface area contributed by atoms with E-state index in [4.69, 9.17) is 4.74 Å². The molecule has 100 valence electrons. The average molecular weight is 252 g/mol. The Bertz CT molecular complexity index is 378. The van der Waals surface area contributed by atoms with E-state index in [2.05, 4.69) is 10.3 Å². The molecule has 1 aromatic heterocycles. The van der Waals surface area contributed by atoms with Gasteiger partial charge in [0.2, 0.25) is 0 Å². The smallest absolute Gasteiger partial charge is 0.133 e. The van der Waals surface area contributed by atoms with Gasteiger partial charge in [0.05, 0.1) is 13.8 Å². The first-order valence-corrected chi connectivity index (χ1v) is 6.71. The number of aryl methyl sites for hydroxylation is 1. The number of pyridine rings is 1. The Morgan fingerprint density at radius 1 is 1.39 bits per heavy atom. The zero-order valence-corrected chi connectivity index (χ0v) is 11.0. The Hall–Kier alpha value is -1.32. The van der Waals surface area contributed by atoms with Crippen LogP contribution >= 0.6 is 0 Å². The molecule has 0 fully saturated rings. The quantitative estimate of drug-likeness (QED) is 0.790. The topological polar surface area (TPSA) is 34.1 Å². The summed E-state index contributed by atoms with van der Waals surface area (Å²) in [5.41, 5.74) is 2.23. The fourth-order valence-electron chi connectivity index (χ4n) is 2.35. The van der Waals surface area contributed by atoms with E-state index >= 15 is 0 Å². The summed E-state index contributed by atoms with van der Waals surface area (Å²) in [7, 11) is 1.71. The maximum absolute atomic E-state index is 12.0. The predicted octanol–water partition coefficient (Wildman–Crippen LogP) is 3.13. The van der Waals surface area contributed by atoms with Gasteiger partial charge in [-0.2, -0.15) is 0 Å². The summed E-state index contributed by atoms with van der Waals surface area (Å²) < 4.78 is 17.5. The number of aromatic nitrogens is 1. The molecule has 0 saturated carbocycles. The second-order valence-electron chi connectivity index (χ2n) is 4.67. The molecular formula is C14H21FN2O. The number of nitrogens with one attached hydrogen (secondary N) is 1. The summed E-state index contributed by atoms with van der Waals surface area (Å²) >= 11 is 0. The van der Waals surface area contributed by atoms with Crippen LogP contribution in [-0.2, 0) is 12.8 Å². The number of nitrogens with zero attached hydrogens (tertiary/aromatic N) is 1. The van der Waals surface area contributed by atoms with E-state index in [9.17, 15) is 4.39 Å². The van der Waals surface area contributed by atoms with Gasteiger partial charge in [0, 0.05) is 23.9 Å².